The van der Waals surface area contributed by atoms with Gasteiger partial charge in [0.25, 0.3) is 0 Å². The van der Waals surface area contributed by atoms with E-state index in [1.54, 1.807) is 6.07 Å². The van der Waals surface area contributed by atoms with Gasteiger partial charge in [-0.15, -0.1) is 0 Å². The lowest BCUT2D eigenvalue weighted by Gasteiger charge is -1.89. The van der Waals surface area contributed by atoms with Crippen LogP contribution in [-0.4, -0.2) is 15.1 Å². The molecule has 2 rings (SSSR count). The largest absolute Gasteiger partial charge is 0.351 e. The lowest BCUT2D eigenvalue weighted by atomic mass is 10.3. The number of pyridine rings is 1. The topological polar surface area (TPSA) is 97.8 Å². The molecule has 0 radical (unpaired) electrons. The number of nitrogens with one attached hydrogen (secondary N) is 1. The summed E-state index contributed by atoms with van der Waals surface area (Å²) in [6.07, 6.45) is 1.49. The number of aromatic nitrogens is 3. The van der Waals surface area contributed by atoms with Crippen LogP contribution in [0.15, 0.2) is 27.6 Å². The average Bonchev–Trinajstić information content (AvgIpc) is 2.53. The Hall–Kier alpha value is -2.11. The molecule has 6 heteroatoms. The SMILES string of the molecule is Nc1nc(-c2ccc(=O)[nH]c2)no1. The van der Waals surface area contributed by atoms with Crippen molar-refractivity contribution in [1.82, 2.24) is 15.1 Å². The molecule has 0 bridgehead atoms. The van der Waals surface area contributed by atoms with Crippen molar-refractivity contribution < 1.29 is 4.52 Å². The number of rotatable bonds is 1. The first-order valence-electron chi connectivity index (χ1n) is 3.54. The van der Waals surface area contributed by atoms with E-state index in [-0.39, 0.29) is 11.6 Å². The predicted molar refractivity (Wildman–Crippen MR) is 44.8 cm³/mol. The van der Waals surface area contributed by atoms with Gasteiger partial charge in [0.15, 0.2) is 0 Å². The van der Waals surface area contributed by atoms with E-state index >= 15 is 0 Å². The molecule has 2 heterocycles. The van der Waals surface area contributed by atoms with Gasteiger partial charge in [-0.3, -0.25) is 4.79 Å². The Balaban J connectivity index is 2.47. The highest BCUT2D eigenvalue weighted by atomic mass is 16.5. The maximum absolute atomic E-state index is 10.7. The van der Waals surface area contributed by atoms with Crippen LogP contribution in [0.4, 0.5) is 6.01 Å². The van der Waals surface area contributed by atoms with Gasteiger partial charge >= 0.3 is 6.01 Å². The van der Waals surface area contributed by atoms with Gasteiger partial charge in [0, 0.05) is 17.8 Å². The number of nitrogens with zero attached hydrogens (tertiary/aromatic N) is 2. The van der Waals surface area contributed by atoms with Gasteiger partial charge in [-0.2, -0.15) is 4.98 Å². The first-order chi connectivity index (χ1) is 6.25. The summed E-state index contributed by atoms with van der Waals surface area (Å²) in [6.45, 7) is 0. The standard InChI is InChI=1S/C7H6N4O2/c8-7-10-6(11-13-7)4-1-2-5(12)9-3-4/h1-3H,(H,9,12)(H2,8,10,11). The Kier molecular flexibility index (Phi) is 1.59. The number of anilines is 1. The fourth-order valence-corrected chi connectivity index (χ4v) is 0.902. The van der Waals surface area contributed by atoms with Crippen LogP contribution in [0.2, 0.25) is 0 Å². The van der Waals surface area contributed by atoms with Crippen LogP contribution in [0.25, 0.3) is 11.4 Å². The summed E-state index contributed by atoms with van der Waals surface area (Å²) in [5.41, 5.74) is 5.71. The van der Waals surface area contributed by atoms with Crippen LogP contribution < -0.4 is 11.3 Å². The molecule has 0 saturated heterocycles. The third-order valence-corrected chi connectivity index (χ3v) is 1.48. The van der Waals surface area contributed by atoms with Crippen LogP contribution in [0, 0.1) is 0 Å². The van der Waals surface area contributed by atoms with Crippen LogP contribution in [0.3, 0.4) is 0 Å². The van der Waals surface area contributed by atoms with E-state index < -0.39 is 0 Å². The van der Waals surface area contributed by atoms with E-state index in [9.17, 15) is 4.79 Å². The predicted octanol–water partition coefficient (Wildman–Crippen LogP) is 0.00710. The first-order valence-corrected chi connectivity index (χ1v) is 3.54. The molecule has 6 nitrogen and oxygen atoms in total. The number of hydrogen-bond acceptors (Lipinski definition) is 5. The Bertz CT molecular complexity index is 453. The molecule has 3 N–H and O–H groups in total. The molecule has 0 aromatic carbocycles. The van der Waals surface area contributed by atoms with Crippen LogP contribution >= 0.6 is 0 Å². The summed E-state index contributed by atoms with van der Waals surface area (Å²) in [7, 11) is 0. The van der Waals surface area contributed by atoms with E-state index in [2.05, 4.69) is 19.6 Å². The van der Waals surface area contributed by atoms with Crippen molar-refractivity contribution in [3.63, 3.8) is 0 Å². The monoisotopic (exact) mass is 178 g/mol. The second-order valence-electron chi connectivity index (χ2n) is 2.40. The molecule has 0 saturated carbocycles. The van der Waals surface area contributed by atoms with Gasteiger partial charge in [0.2, 0.25) is 11.4 Å². The van der Waals surface area contributed by atoms with E-state index in [1.165, 1.54) is 12.3 Å². The Morgan fingerprint density at radius 1 is 1.46 bits per heavy atom. The third kappa shape index (κ3) is 1.41. The number of aromatic amines is 1. The quantitative estimate of drug-likeness (QED) is 0.640. The third-order valence-electron chi connectivity index (χ3n) is 1.48. The highest BCUT2D eigenvalue weighted by Gasteiger charge is 2.04. The van der Waals surface area contributed by atoms with Gasteiger partial charge in [0.05, 0.1) is 0 Å². The molecule has 0 fully saturated rings. The summed E-state index contributed by atoms with van der Waals surface area (Å²) in [6, 6.07) is 2.96. The highest BCUT2D eigenvalue weighted by molar-refractivity contribution is 5.52. The summed E-state index contributed by atoms with van der Waals surface area (Å²) in [5, 5.41) is 3.58. The Morgan fingerprint density at radius 2 is 2.31 bits per heavy atom. The van der Waals surface area contributed by atoms with Crippen molar-refractivity contribution in [2.75, 3.05) is 5.73 Å². The molecule has 2 aromatic rings. The van der Waals surface area contributed by atoms with Crippen molar-refractivity contribution in [3.05, 3.63) is 28.7 Å². The minimum Gasteiger partial charge on any atom is -0.351 e. The van der Waals surface area contributed by atoms with Crippen molar-refractivity contribution in [2.24, 2.45) is 0 Å². The minimum absolute atomic E-state index is 0.00111. The number of hydrogen-bond donors (Lipinski definition) is 2. The van der Waals surface area contributed by atoms with E-state index in [0.717, 1.165) is 0 Å². The zero-order chi connectivity index (χ0) is 9.26. The minimum atomic E-state index is -0.180. The van der Waals surface area contributed by atoms with Crippen LogP contribution in [-0.2, 0) is 0 Å². The fraction of sp³-hybridized carbons (Fsp3) is 0. The number of nitrogen functional groups attached to an aromatic ring is 1. The van der Waals surface area contributed by atoms with Crippen LogP contribution in [0.1, 0.15) is 0 Å². The van der Waals surface area contributed by atoms with E-state index in [4.69, 9.17) is 5.73 Å². The van der Waals surface area contributed by atoms with Crippen molar-refractivity contribution in [2.45, 2.75) is 0 Å². The molecule has 13 heavy (non-hydrogen) atoms. The molecule has 0 amide bonds. The summed E-state index contributed by atoms with van der Waals surface area (Å²) in [4.78, 5) is 17.0. The molecule has 0 aliphatic rings. The molecule has 2 aromatic heterocycles. The van der Waals surface area contributed by atoms with Gasteiger partial charge < -0.3 is 15.2 Å². The van der Waals surface area contributed by atoms with E-state index in [0.29, 0.717) is 11.4 Å². The molecular formula is C7H6N4O2. The lowest BCUT2D eigenvalue weighted by molar-refractivity contribution is 0.437. The summed E-state index contributed by atoms with van der Waals surface area (Å²) in [5.74, 6) is 0.355. The molecule has 0 unspecified atom stereocenters. The molecule has 0 aliphatic heterocycles. The maximum Gasteiger partial charge on any atom is 0.319 e. The van der Waals surface area contributed by atoms with Crippen molar-refractivity contribution in [3.8, 4) is 11.4 Å². The molecule has 0 aliphatic carbocycles. The zero-order valence-corrected chi connectivity index (χ0v) is 6.52. The van der Waals surface area contributed by atoms with Crippen LogP contribution in [0.5, 0.6) is 0 Å². The van der Waals surface area contributed by atoms with E-state index in [1.807, 2.05) is 0 Å². The smallest absolute Gasteiger partial charge is 0.319 e. The highest BCUT2D eigenvalue weighted by Crippen LogP contribution is 2.12. The normalized spacial score (nSPS) is 10.2. The molecule has 0 atom stereocenters. The van der Waals surface area contributed by atoms with Gasteiger partial charge in [-0.25, -0.2) is 0 Å². The maximum atomic E-state index is 10.7. The average molecular weight is 178 g/mol. The number of H-pyrrole nitrogens is 1. The second kappa shape index (κ2) is 2.74. The zero-order valence-electron chi connectivity index (χ0n) is 6.52. The number of nitrogens with two attached hydrogens (primary N) is 1. The molecular weight excluding hydrogens is 172 g/mol. The van der Waals surface area contributed by atoms with Crippen molar-refractivity contribution >= 4 is 6.01 Å². The van der Waals surface area contributed by atoms with Gasteiger partial charge in [-0.05, 0) is 6.07 Å². The van der Waals surface area contributed by atoms with Gasteiger partial charge in [-0.1, -0.05) is 5.16 Å². The second-order valence-corrected chi connectivity index (χ2v) is 2.40. The first kappa shape index (κ1) is 7.53. The lowest BCUT2D eigenvalue weighted by Crippen LogP contribution is -2.01. The Labute approximate surface area is 72.4 Å². The summed E-state index contributed by atoms with van der Waals surface area (Å²) < 4.78 is 4.57. The fourth-order valence-electron chi connectivity index (χ4n) is 0.902. The van der Waals surface area contributed by atoms with Crippen molar-refractivity contribution in [1.29, 1.82) is 0 Å². The van der Waals surface area contributed by atoms with Gasteiger partial charge in [0.1, 0.15) is 0 Å². The molecule has 66 valence electrons. The Morgan fingerprint density at radius 3 is 2.85 bits per heavy atom. The summed E-state index contributed by atoms with van der Waals surface area (Å²) >= 11 is 0. The molecule has 0 spiro atoms.